The number of ether oxygens (including phenoxy) is 1. The van der Waals surface area contributed by atoms with Gasteiger partial charge in [-0.15, -0.1) is 0 Å². The average molecular weight is 247 g/mol. The summed E-state index contributed by atoms with van der Waals surface area (Å²) in [5.41, 5.74) is -0.145. The van der Waals surface area contributed by atoms with E-state index in [2.05, 4.69) is 4.99 Å². The highest BCUT2D eigenvalue weighted by Gasteiger charge is 2.46. The minimum atomic E-state index is -0.507. The van der Waals surface area contributed by atoms with Crippen molar-refractivity contribution in [3.05, 3.63) is 0 Å². The molecule has 16 heavy (non-hydrogen) atoms. The molecule has 4 atom stereocenters. The molecule has 0 aliphatic carbocycles. The Bertz CT molecular complexity index is 303. The number of aliphatic hydroxyl groups is 2. The molecule has 2 heterocycles. The summed E-state index contributed by atoms with van der Waals surface area (Å²) >= 11 is 1.55. The van der Waals surface area contributed by atoms with E-state index in [0.717, 1.165) is 5.17 Å². The van der Waals surface area contributed by atoms with Gasteiger partial charge in [-0.25, -0.2) is 4.99 Å². The van der Waals surface area contributed by atoms with Crippen LogP contribution in [0.25, 0.3) is 0 Å². The Morgan fingerprint density at radius 3 is 2.75 bits per heavy atom. The Kier molecular flexibility index (Phi) is 3.29. The maximum Gasteiger partial charge on any atom is 0.261 e. The predicted molar refractivity (Wildman–Crippen MR) is 63.2 cm³/mol. The number of aliphatic hydroxyl groups excluding tert-OH is 2. The summed E-state index contributed by atoms with van der Waals surface area (Å²) in [5.74, 6) is 0. The van der Waals surface area contributed by atoms with E-state index in [1.165, 1.54) is 0 Å². The van der Waals surface area contributed by atoms with Gasteiger partial charge in [0.25, 0.3) is 5.17 Å². The van der Waals surface area contributed by atoms with E-state index in [0.29, 0.717) is 10.9 Å². The largest absolute Gasteiger partial charge is 0.394 e. The molecule has 92 valence electrons. The zero-order chi connectivity index (χ0) is 11.9. The molecule has 0 radical (unpaired) electrons. The van der Waals surface area contributed by atoms with Crippen molar-refractivity contribution in [2.75, 3.05) is 27.7 Å². The molecule has 2 N–H and O–H groups in total. The number of quaternary nitrogens is 1. The van der Waals surface area contributed by atoms with Crippen LogP contribution in [0.15, 0.2) is 4.99 Å². The van der Waals surface area contributed by atoms with Gasteiger partial charge in [0.2, 0.25) is 0 Å². The molecule has 0 aromatic carbocycles. The van der Waals surface area contributed by atoms with Crippen molar-refractivity contribution in [2.24, 2.45) is 4.99 Å². The number of amidine groups is 1. The number of nitrogens with zero attached hydrogens (tertiary/aromatic N) is 2. The van der Waals surface area contributed by atoms with Crippen LogP contribution in [0.2, 0.25) is 0 Å². The third-order valence-corrected chi connectivity index (χ3v) is 4.25. The third-order valence-electron chi connectivity index (χ3n) is 2.76. The first kappa shape index (κ1) is 12.3. The van der Waals surface area contributed by atoms with Gasteiger partial charge in [-0.05, 0) is 11.8 Å². The smallest absolute Gasteiger partial charge is 0.261 e. The number of fused-ring (bicyclic) bond motifs is 1. The van der Waals surface area contributed by atoms with Crippen molar-refractivity contribution in [3.63, 3.8) is 0 Å². The van der Waals surface area contributed by atoms with Gasteiger partial charge in [0, 0.05) is 6.42 Å². The summed E-state index contributed by atoms with van der Waals surface area (Å²) in [7, 11) is 6.12. The minimum absolute atomic E-state index is 0.0411. The van der Waals surface area contributed by atoms with Crippen LogP contribution in [0.3, 0.4) is 0 Å². The van der Waals surface area contributed by atoms with Gasteiger partial charge < -0.3 is 14.9 Å². The highest BCUT2D eigenvalue weighted by Crippen LogP contribution is 2.37. The molecule has 0 aromatic rings. The minimum Gasteiger partial charge on any atom is -0.394 e. The monoisotopic (exact) mass is 247 g/mol. The SMILES string of the molecule is C[N+](C)(C)C1=NC2C(O)CC(CO)OC2S1. The second-order valence-electron chi connectivity index (χ2n) is 5.14. The highest BCUT2D eigenvalue weighted by molar-refractivity contribution is 8.14. The molecule has 2 aliphatic rings. The highest BCUT2D eigenvalue weighted by atomic mass is 32.2. The van der Waals surface area contributed by atoms with Crippen LogP contribution in [0.5, 0.6) is 0 Å². The van der Waals surface area contributed by atoms with Crippen molar-refractivity contribution in [3.8, 4) is 0 Å². The van der Waals surface area contributed by atoms with E-state index in [4.69, 9.17) is 9.84 Å². The first-order valence-electron chi connectivity index (χ1n) is 5.42. The molecule has 0 spiro atoms. The van der Waals surface area contributed by atoms with Gasteiger partial charge in [-0.3, -0.25) is 4.48 Å². The van der Waals surface area contributed by atoms with E-state index >= 15 is 0 Å². The van der Waals surface area contributed by atoms with Crippen molar-refractivity contribution in [1.82, 2.24) is 0 Å². The summed E-state index contributed by atoms with van der Waals surface area (Å²) in [6.45, 7) is -0.0411. The number of aliphatic imine (C=N–C) groups is 1. The standard InChI is InChI=1S/C10H19N2O3S/c1-12(2,3)10-11-8-7(14)4-6(5-13)15-9(8)16-10/h6-9,13-14H,4-5H2,1-3H3/q+1. The fourth-order valence-electron chi connectivity index (χ4n) is 1.87. The van der Waals surface area contributed by atoms with Gasteiger partial charge in [0.1, 0.15) is 11.5 Å². The lowest BCUT2D eigenvalue weighted by Crippen LogP contribution is -2.45. The first-order chi connectivity index (χ1) is 7.41. The van der Waals surface area contributed by atoms with Gasteiger partial charge in [0.05, 0.1) is 40.0 Å². The average Bonchev–Trinajstić information content (AvgIpc) is 2.61. The molecule has 0 bridgehead atoms. The molecule has 6 heteroatoms. The molecule has 4 unspecified atom stereocenters. The van der Waals surface area contributed by atoms with Crippen LogP contribution in [-0.2, 0) is 4.74 Å². The fourth-order valence-corrected chi connectivity index (χ4v) is 3.17. The first-order valence-corrected chi connectivity index (χ1v) is 6.30. The van der Waals surface area contributed by atoms with Gasteiger partial charge in [0.15, 0.2) is 0 Å². The zero-order valence-electron chi connectivity index (χ0n) is 9.83. The zero-order valence-corrected chi connectivity index (χ0v) is 10.6. The summed E-state index contributed by atoms with van der Waals surface area (Å²) in [6, 6.07) is -0.180. The molecule has 1 saturated heterocycles. The quantitative estimate of drug-likeness (QED) is 0.621. The maximum atomic E-state index is 9.95. The Hall–Kier alpha value is -0.140. The van der Waals surface area contributed by atoms with Crippen LogP contribution < -0.4 is 0 Å². The van der Waals surface area contributed by atoms with Gasteiger partial charge >= 0.3 is 0 Å². The lowest BCUT2D eigenvalue weighted by atomic mass is 10.0. The second kappa shape index (κ2) is 4.27. The normalized spacial score (nSPS) is 39.4. The summed E-state index contributed by atoms with van der Waals surface area (Å²) in [4.78, 5) is 4.53. The molecular weight excluding hydrogens is 228 g/mol. The maximum absolute atomic E-state index is 9.95. The predicted octanol–water partition coefficient (Wildman–Crippen LogP) is -0.368. The second-order valence-corrected chi connectivity index (χ2v) is 6.21. The lowest BCUT2D eigenvalue weighted by Gasteiger charge is -2.32. The lowest BCUT2D eigenvalue weighted by molar-refractivity contribution is -0.772. The number of hydrogen-bond donors (Lipinski definition) is 2. The third kappa shape index (κ3) is 2.26. The molecule has 2 rings (SSSR count). The van der Waals surface area contributed by atoms with Crippen molar-refractivity contribution >= 4 is 16.9 Å². The molecular formula is C10H19N2O3S+. The van der Waals surface area contributed by atoms with E-state index in [-0.39, 0.29) is 24.2 Å². The van der Waals surface area contributed by atoms with E-state index in [1.54, 1.807) is 11.8 Å². The Morgan fingerprint density at radius 2 is 2.19 bits per heavy atom. The molecule has 2 aliphatic heterocycles. The summed E-state index contributed by atoms with van der Waals surface area (Å²) in [5, 5.41) is 20.0. The summed E-state index contributed by atoms with van der Waals surface area (Å²) in [6.07, 6.45) is -0.301. The van der Waals surface area contributed by atoms with Crippen molar-refractivity contribution in [1.29, 1.82) is 0 Å². The number of hydrogen-bond acceptors (Lipinski definition) is 5. The fraction of sp³-hybridized carbons (Fsp3) is 0.900. The Balaban J connectivity index is 2.11. The van der Waals surface area contributed by atoms with Crippen molar-refractivity contribution in [2.45, 2.75) is 30.1 Å². The van der Waals surface area contributed by atoms with Crippen molar-refractivity contribution < 1.29 is 19.4 Å². The van der Waals surface area contributed by atoms with Crippen LogP contribution in [0, 0.1) is 0 Å². The van der Waals surface area contributed by atoms with Crippen LogP contribution in [0.4, 0.5) is 0 Å². The van der Waals surface area contributed by atoms with E-state index < -0.39 is 6.10 Å². The molecule has 0 amide bonds. The van der Waals surface area contributed by atoms with Crippen LogP contribution >= 0.6 is 11.8 Å². The summed E-state index contributed by atoms with van der Waals surface area (Å²) < 4.78 is 6.32. The van der Waals surface area contributed by atoms with Crippen LogP contribution in [-0.4, -0.2) is 71.3 Å². The molecule has 5 nitrogen and oxygen atoms in total. The van der Waals surface area contributed by atoms with Gasteiger partial charge in [-0.1, -0.05) is 0 Å². The van der Waals surface area contributed by atoms with Crippen LogP contribution in [0.1, 0.15) is 6.42 Å². The Morgan fingerprint density at radius 1 is 1.50 bits per heavy atom. The molecule has 0 aromatic heterocycles. The van der Waals surface area contributed by atoms with E-state index in [1.807, 2.05) is 21.1 Å². The number of thioether (sulfide) groups is 1. The Labute approximate surface area is 99.7 Å². The topological polar surface area (TPSA) is 62.1 Å². The molecule has 0 saturated carbocycles. The van der Waals surface area contributed by atoms with E-state index in [9.17, 15) is 5.11 Å². The van der Waals surface area contributed by atoms with Gasteiger partial charge in [-0.2, -0.15) is 0 Å². The number of rotatable bonds is 1. The molecule has 1 fully saturated rings.